The number of carbonyl (C=O) groups excluding carboxylic acids is 2. The number of likely N-dealkylation sites (tertiary alicyclic amines) is 1. The molecule has 1 fully saturated rings. The van der Waals surface area contributed by atoms with E-state index in [4.69, 9.17) is 16.9 Å². The molecule has 0 radical (unpaired) electrons. The normalized spacial score (nSPS) is 14.4. The lowest BCUT2D eigenvalue weighted by molar-refractivity contribution is -0.126. The van der Waals surface area contributed by atoms with Crippen molar-refractivity contribution in [2.24, 2.45) is 5.92 Å². The molecule has 6 heteroatoms. The zero-order valence-electron chi connectivity index (χ0n) is 14.8. The molecule has 1 heterocycles. The van der Waals surface area contributed by atoms with E-state index in [-0.39, 0.29) is 17.7 Å². The van der Waals surface area contributed by atoms with E-state index in [1.165, 1.54) is 0 Å². The van der Waals surface area contributed by atoms with E-state index >= 15 is 0 Å². The molecule has 0 atom stereocenters. The van der Waals surface area contributed by atoms with Gasteiger partial charge in [-0.15, -0.1) is 0 Å². The van der Waals surface area contributed by atoms with E-state index in [9.17, 15) is 9.59 Å². The van der Waals surface area contributed by atoms with Crippen molar-refractivity contribution in [2.75, 3.05) is 13.1 Å². The van der Waals surface area contributed by atoms with Crippen LogP contribution in [0.25, 0.3) is 0 Å². The van der Waals surface area contributed by atoms with Gasteiger partial charge in [-0.25, -0.2) is 0 Å². The Kier molecular flexibility index (Phi) is 6.10. The van der Waals surface area contributed by atoms with Crippen molar-refractivity contribution >= 4 is 23.4 Å². The maximum atomic E-state index is 12.5. The molecule has 0 bridgehead atoms. The molecule has 1 aliphatic heterocycles. The average Bonchev–Trinajstić information content (AvgIpc) is 2.73. The van der Waals surface area contributed by atoms with Gasteiger partial charge in [-0.1, -0.05) is 23.7 Å². The molecule has 3 rings (SSSR count). The summed E-state index contributed by atoms with van der Waals surface area (Å²) >= 11 is 5.86. The summed E-state index contributed by atoms with van der Waals surface area (Å²) in [5, 5.41) is 12.5. The summed E-state index contributed by atoms with van der Waals surface area (Å²) in [6.07, 6.45) is 1.29. The van der Waals surface area contributed by atoms with Crippen LogP contribution in [0.1, 0.15) is 34.3 Å². The molecule has 138 valence electrons. The maximum Gasteiger partial charge on any atom is 0.253 e. The van der Waals surface area contributed by atoms with Gasteiger partial charge in [0.2, 0.25) is 5.91 Å². The number of carbonyl (C=O) groups is 2. The molecule has 1 saturated heterocycles. The van der Waals surface area contributed by atoms with Gasteiger partial charge in [-0.3, -0.25) is 9.59 Å². The van der Waals surface area contributed by atoms with Crippen LogP contribution in [0.5, 0.6) is 0 Å². The quantitative estimate of drug-likeness (QED) is 0.882. The second-order valence-electron chi connectivity index (χ2n) is 6.60. The molecule has 1 N–H and O–H groups in total. The first kappa shape index (κ1) is 18.9. The highest BCUT2D eigenvalue weighted by Crippen LogP contribution is 2.20. The molecular weight excluding hydrogens is 362 g/mol. The minimum absolute atomic E-state index is 0.0235. The van der Waals surface area contributed by atoms with E-state index < -0.39 is 0 Å². The molecule has 0 aliphatic carbocycles. The molecular formula is C21H20ClN3O2. The summed E-state index contributed by atoms with van der Waals surface area (Å²) in [7, 11) is 0. The van der Waals surface area contributed by atoms with Crippen LogP contribution in [0.2, 0.25) is 5.02 Å². The number of nitrogens with one attached hydrogen (secondary N) is 1. The van der Waals surface area contributed by atoms with E-state index in [0.717, 1.165) is 5.56 Å². The van der Waals surface area contributed by atoms with Crippen molar-refractivity contribution in [3.63, 3.8) is 0 Å². The lowest BCUT2D eigenvalue weighted by Gasteiger charge is -2.31. The molecule has 0 spiro atoms. The van der Waals surface area contributed by atoms with Gasteiger partial charge < -0.3 is 10.2 Å². The number of piperidine rings is 1. The Morgan fingerprint density at radius 2 is 1.70 bits per heavy atom. The Labute approximate surface area is 163 Å². The van der Waals surface area contributed by atoms with Gasteiger partial charge >= 0.3 is 0 Å². The van der Waals surface area contributed by atoms with Crippen LogP contribution in [-0.4, -0.2) is 29.8 Å². The summed E-state index contributed by atoms with van der Waals surface area (Å²) < 4.78 is 0. The lowest BCUT2D eigenvalue weighted by Crippen LogP contribution is -2.42. The lowest BCUT2D eigenvalue weighted by atomic mass is 9.95. The molecule has 0 saturated carbocycles. The van der Waals surface area contributed by atoms with E-state index in [1.54, 1.807) is 41.3 Å². The number of benzene rings is 2. The minimum Gasteiger partial charge on any atom is -0.352 e. The number of rotatable bonds is 4. The third-order valence-corrected chi connectivity index (χ3v) is 5.05. The SMILES string of the molecule is N#Cc1ccc(C(=O)N2CCC(C(=O)NCc3ccc(Cl)cc3)CC2)cc1. The Hall–Kier alpha value is -2.84. The molecule has 2 aromatic carbocycles. The molecule has 0 unspecified atom stereocenters. The highest BCUT2D eigenvalue weighted by molar-refractivity contribution is 6.30. The van der Waals surface area contributed by atoms with Crippen LogP contribution in [-0.2, 0) is 11.3 Å². The van der Waals surface area contributed by atoms with Crippen molar-refractivity contribution in [1.82, 2.24) is 10.2 Å². The summed E-state index contributed by atoms with van der Waals surface area (Å²) in [5.41, 5.74) is 2.10. The first-order valence-corrected chi connectivity index (χ1v) is 9.26. The molecule has 0 aromatic heterocycles. The first-order valence-electron chi connectivity index (χ1n) is 8.88. The smallest absolute Gasteiger partial charge is 0.253 e. The summed E-state index contributed by atoms with van der Waals surface area (Å²) in [6, 6.07) is 16.1. The fraction of sp³-hybridized carbons (Fsp3) is 0.286. The van der Waals surface area contributed by atoms with Gasteiger partial charge in [0.15, 0.2) is 0 Å². The fourth-order valence-electron chi connectivity index (χ4n) is 3.15. The van der Waals surface area contributed by atoms with Gasteiger partial charge in [-0.05, 0) is 54.8 Å². The van der Waals surface area contributed by atoms with Crippen molar-refractivity contribution in [2.45, 2.75) is 19.4 Å². The molecule has 2 aromatic rings. The van der Waals surface area contributed by atoms with E-state index in [1.807, 2.05) is 18.2 Å². The Bertz CT molecular complexity index is 848. The van der Waals surface area contributed by atoms with E-state index in [2.05, 4.69) is 5.32 Å². The predicted molar refractivity (Wildman–Crippen MR) is 103 cm³/mol. The Morgan fingerprint density at radius 3 is 2.30 bits per heavy atom. The highest BCUT2D eigenvalue weighted by atomic mass is 35.5. The standard InChI is InChI=1S/C21H20ClN3O2/c22-19-7-3-16(4-8-19)14-24-20(26)17-9-11-25(12-10-17)21(27)18-5-1-15(13-23)2-6-18/h1-8,17H,9-12,14H2,(H,24,26). The van der Waals surface area contributed by atoms with Crippen LogP contribution in [0.3, 0.4) is 0 Å². The van der Waals surface area contributed by atoms with Crippen LogP contribution >= 0.6 is 11.6 Å². The van der Waals surface area contributed by atoms with Crippen molar-refractivity contribution in [3.8, 4) is 6.07 Å². The predicted octanol–water partition coefficient (Wildman–Crippen LogP) is 3.38. The maximum absolute atomic E-state index is 12.5. The largest absolute Gasteiger partial charge is 0.352 e. The van der Waals surface area contributed by atoms with Crippen LogP contribution in [0.4, 0.5) is 0 Å². The zero-order valence-corrected chi connectivity index (χ0v) is 15.6. The summed E-state index contributed by atoms with van der Waals surface area (Å²) in [6.45, 7) is 1.58. The van der Waals surface area contributed by atoms with Gasteiger partial charge in [0, 0.05) is 36.1 Å². The van der Waals surface area contributed by atoms with Crippen LogP contribution in [0, 0.1) is 17.2 Å². The fourth-order valence-corrected chi connectivity index (χ4v) is 3.28. The molecule has 2 amide bonds. The molecule has 5 nitrogen and oxygen atoms in total. The minimum atomic E-state index is -0.0812. The first-order chi connectivity index (χ1) is 13.1. The third-order valence-electron chi connectivity index (χ3n) is 4.79. The second kappa shape index (κ2) is 8.70. The average molecular weight is 382 g/mol. The van der Waals surface area contributed by atoms with Gasteiger partial charge in [-0.2, -0.15) is 5.26 Å². The van der Waals surface area contributed by atoms with Crippen molar-refractivity contribution in [3.05, 3.63) is 70.2 Å². The van der Waals surface area contributed by atoms with Crippen LogP contribution in [0.15, 0.2) is 48.5 Å². The number of hydrogen-bond donors (Lipinski definition) is 1. The second-order valence-corrected chi connectivity index (χ2v) is 7.04. The van der Waals surface area contributed by atoms with Gasteiger partial charge in [0.05, 0.1) is 11.6 Å². The topological polar surface area (TPSA) is 73.2 Å². The Balaban J connectivity index is 1.48. The number of hydrogen-bond acceptors (Lipinski definition) is 3. The van der Waals surface area contributed by atoms with Crippen LogP contribution < -0.4 is 5.32 Å². The summed E-state index contributed by atoms with van der Waals surface area (Å²) in [4.78, 5) is 26.7. The van der Waals surface area contributed by atoms with Gasteiger partial charge in [0.25, 0.3) is 5.91 Å². The number of nitriles is 1. The zero-order chi connectivity index (χ0) is 19.2. The van der Waals surface area contributed by atoms with Crippen molar-refractivity contribution < 1.29 is 9.59 Å². The number of nitrogens with zero attached hydrogens (tertiary/aromatic N) is 2. The monoisotopic (exact) mass is 381 g/mol. The number of amides is 2. The van der Waals surface area contributed by atoms with E-state index in [0.29, 0.717) is 48.6 Å². The van der Waals surface area contributed by atoms with Crippen molar-refractivity contribution in [1.29, 1.82) is 5.26 Å². The number of halogens is 1. The summed E-state index contributed by atoms with van der Waals surface area (Å²) in [5.74, 6) is -0.114. The molecule has 1 aliphatic rings. The van der Waals surface area contributed by atoms with Gasteiger partial charge in [0.1, 0.15) is 0 Å². The third kappa shape index (κ3) is 4.87. The highest BCUT2D eigenvalue weighted by Gasteiger charge is 2.27. The Morgan fingerprint density at radius 1 is 1.07 bits per heavy atom. The molecule has 27 heavy (non-hydrogen) atoms.